The summed E-state index contributed by atoms with van der Waals surface area (Å²) in [5.41, 5.74) is 0.866. The lowest BCUT2D eigenvalue weighted by Gasteiger charge is -2.14. The summed E-state index contributed by atoms with van der Waals surface area (Å²) >= 11 is 0. The van der Waals surface area contributed by atoms with Gasteiger partial charge in [-0.05, 0) is 18.6 Å². The molecule has 0 saturated carbocycles. The maximum absolute atomic E-state index is 5.74. The molecule has 0 bridgehead atoms. The van der Waals surface area contributed by atoms with Crippen LogP contribution in [0.25, 0.3) is 0 Å². The molecule has 2 heterocycles. The van der Waals surface area contributed by atoms with E-state index in [4.69, 9.17) is 14.2 Å². The standard InChI is InChI=1S/C15H20N4O3/c1-20-9-10-6-7-22-13(10)14-17-15(19-18-14)16-11-4-3-5-12(8-11)21-2/h3-5,8,10,13H,6-7,9H2,1-2H3,(H2,16,17,18,19)/t10-,13-/m0/s1. The van der Waals surface area contributed by atoms with Crippen molar-refractivity contribution in [2.45, 2.75) is 12.5 Å². The molecule has 3 rings (SSSR count). The summed E-state index contributed by atoms with van der Waals surface area (Å²) in [6.45, 7) is 1.38. The third-order valence-corrected chi connectivity index (χ3v) is 3.69. The number of methoxy groups -OCH3 is 2. The van der Waals surface area contributed by atoms with Gasteiger partial charge in [-0.2, -0.15) is 4.98 Å². The summed E-state index contributed by atoms with van der Waals surface area (Å²) in [5, 5.41) is 10.3. The molecule has 1 saturated heterocycles. The fourth-order valence-electron chi connectivity index (χ4n) is 2.61. The monoisotopic (exact) mass is 304 g/mol. The lowest BCUT2D eigenvalue weighted by Crippen LogP contribution is -2.14. The third kappa shape index (κ3) is 3.20. The van der Waals surface area contributed by atoms with E-state index in [0.717, 1.165) is 30.3 Å². The van der Waals surface area contributed by atoms with Crippen molar-refractivity contribution >= 4 is 11.6 Å². The summed E-state index contributed by atoms with van der Waals surface area (Å²) in [4.78, 5) is 4.48. The smallest absolute Gasteiger partial charge is 0.246 e. The van der Waals surface area contributed by atoms with Crippen LogP contribution in [0, 0.1) is 5.92 Å². The highest BCUT2D eigenvalue weighted by molar-refractivity contribution is 5.55. The second-order valence-corrected chi connectivity index (χ2v) is 5.20. The molecule has 1 aromatic heterocycles. The zero-order valence-electron chi connectivity index (χ0n) is 12.7. The lowest BCUT2D eigenvalue weighted by atomic mass is 10.0. The predicted octanol–water partition coefficient (Wildman–Crippen LogP) is 2.28. The highest BCUT2D eigenvalue weighted by atomic mass is 16.5. The summed E-state index contributed by atoms with van der Waals surface area (Å²) in [6.07, 6.45) is 0.881. The number of aromatic amines is 1. The maximum Gasteiger partial charge on any atom is 0.246 e. The van der Waals surface area contributed by atoms with E-state index in [9.17, 15) is 0 Å². The Balaban J connectivity index is 1.70. The van der Waals surface area contributed by atoms with Gasteiger partial charge in [0.25, 0.3) is 0 Å². The van der Waals surface area contributed by atoms with Crippen LogP contribution >= 0.6 is 0 Å². The number of benzene rings is 1. The van der Waals surface area contributed by atoms with Crippen molar-refractivity contribution in [2.24, 2.45) is 5.92 Å². The van der Waals surface area contributed by atoms with Gasteiger partial charge in [0, 0.05) is 31.4 Å². The Morgan fingerprint density at radius 1 is 1.41 bits per heavy atom. The average molecular weight is 304 g/mol. The van der Waals surface area contributed by atoms with E-state index in [1.54, 1.807) is 14.2 Å². The van der Waals surface area contributed by atoms with Crippen molar-refractivity contribution in [2.75, 3.05) is 32.8 Å². The van der Waals surface area contributed by atoms with Crippen molar-refractivity contribution in [3.05, 3.63) is 30.1 Å². The molecular weight excluding hydrogens is 284 g/mol. The molecule has 2 N–H and O–H groups in total. The number of H-pyrrole nitrogens is 1. The van der Waals surface area contributed by atoms with Gasteiger partial charge < -0.3 is 19.5 Å². The van der Waals surface area contributed by atoms with Gasteiger partial charge in [0.2, 0.25) is 5.95 Å². The molecule has 22 heavy (non-hydrogen) atoms. The molecule has 0 amide bonds. The maximum atomic E-state index is 5.74. The Morgan fingerprint density at radius 3 is 3.14 bits per heavy atom. The average Bonchev–Trinajstić information content (AvgIpc) is 3.17. The highest BCUT2D eigenvalue weighted by Crippen LogP contribution is 2.33. The van der Waals surface area contributed by atoms with Gasteiger partial charge in [-0.3, -0.25) is 5.10 Å². The number of aromatic nitrogens is 3. The minimum Gasteiger partial charge on any atom is -0.497 e. The summed E-state index contributed by atoms with van der Waals surface area (Å²) in [5.74, 6) is 2.32. The molecule has 118 valence electrons. The van der Waals surface area contributed by atoms with Gasteiger partial charge in [-0.15, -0.1) is 5.10 Å². The first-order valence-electron chi connectivity index (χ1n) is 7.24. The zero-order valence-corrected chi connectivity index (χ0v) is 12.7. The van der Waals surface area contributed by atoms with Crippen molar-refractivity contribution in [1.82, 2.24) is 15.2 Å². The molecule has 7 heteroatoms. The molecule has 7 nitrogen and oxygen atoms in total. The topological polar surface area (TPSA) is 81.3 Å². The van der Waals surface area contributed by atoms with Gasteiger partial charge in [-0.25, -0.2) is 0 Å². The molecule has 0 spiro atoms. The van der Waals surface area contributed by atoms with Crippen LogP contribution in [-0.4, -0.2) is 42.6 Å². The molecule has 2 aromatic rings. The van der Waals surface area contributed by atoms with E-state index in [-0.39, 0.29) is 6.10 Å². The zero-order chi connectivity index (χ0) is 15.4. The minimum atomic E-state index is -0.0895. The fourth-order valence-corrected chi connectivity index (χ4v) is 2.61. The Labute approximate surface area is 129 Å². The molecule has 0 unspecified atom stereocenters. The summed E-state index contributed by atoms with van der Waals surface area (Å²) in [6, 6.07) is 7.61. The van der Waals surface area contributed by atoms with Crippen LogP contribution < -0.4 is 10.1 Å². The molecule has 2 atom stereocenters. The van der Waals surface area contributed by atoms with Gasteiger partial charge in [0.15, 0.2) is 5.82 Å². The number of rotatable bonds is 6. The first kappa shape index (κ1) is 14.8. The van der Waals surface area contributed by atoms with E-state index in [0.29, 0.717) is 18.5 Å². The quantitative estimate of drug-likeness (QED) is 0.852. The lowest BCUT2D eigenvalue weighted by molar-refractivity contribution is 0.0539. The van der Waals surface area contributed by atoms with Crippen molar-refractivity contribution in [3.63, 3.8) is 0 Å². The summed E-state index contributed by atoms with van der Waals surface area (Å²) < 4.78 is 16.2. The normalized spacial score (nSPS) is 21.0. The van der Waals surface area contributed by atoms with Crippen molar-refractivity contribution < 1.29 is 14.2 Å². The van der Waals surface area contributed by atoms with E-state index in [1.165, 1.54) is 0 Å². The van der Waals surface area contributed by atoms with Crippen molar-refractivity contribution in [1.29, 1.82) is 0 Å². The Kier molecular flexibility index (Phi) is 4.55. The molecular formula is C15H20N4O3. The van der Waals surface area contributed by atoms with Crippen LogP contribution in [0.5, 0.6) is 5.75 Å². The number of ether oxygens (including phenoxy) is 3. The Morgan fingerprint density at radius 2 is 2.32 bits per heavy atom. The van der Waals surface area contributed by atoms with Crippen LogP contribution in [0.4, 0.5) is 11.6 Å². The predicted molar refractivity (Wildman–Crippen MR) is 81.3 cm³/mol. The molecule has 0 aliphatic carbocycles. The van der Waals surface area contributed by atoms with Crippen LogP contribution in [0.15, 0.2) is 24.3 Å². The first-order valence-corrected chi connectivity index (χ1v) is 7.24. The third-order valence-electron chi connectivity index (χ3n) is 3.69. The molecule has 1 aromatic carbocycles. The van der Waals surface area contributed by atoms with Crippen LogP contribution in [0.3, 0.4) is 0 Å². The van der Waals surface area contributed by atoms with Gasteiger partial charge >= 0.3 is 0 Å². The number of anilines is 2. The van der Waals surface area contributed by atoms with E-state index < -0.39 is 0 Å². The number of hydrogen-bond acceptors (Lipinski definition) is 6. The molecule has 1 fully saturated rings. The van der Waals surface area contributed by atoms with E-state index in [1.807, 2.05) is 24.3 Å². The van der Waals surface area contributed by atoms with E-state index >= 15 is 0 Å². The van der Waals surface area contributed by atoms with Crippen LogP contribution in [0.2, 0.25) is 0 Å². The van der Waals surface area contributed by atoms with Crippen LogP contribution in [-0.2, 0) is 9.47 Å². The molecule has 1 aliphatic heterocycles. The Hall–Kier alpha value is -2.12. The van der Waals surface area contributed by atoms with Gasteiger partial charge in [-0.1, -0.05) is 6.07 Å². The second kappa shape index (κ2) is 6.76. The minimum absolute atomic E-state index is 0.0895. The Bertz CT molecular complexity index is 616. The fraction of sp³-hybridized carbons (Fsp3) is 0.467. The van der Waals surface area contributed by atoms with Crippen LogP contribution in [0.1, 0.15) is 18.3 Å². The number of nitrogens with zero attached hydrogens (tertiary/aromatic N) is 2. The van der Waals surface area contributed by atoms with Crippen molar-refractivity contribution in [3.8, 4) is 5.75 Å². The summed E-state index contributed by atoms with van der Waals surface area (Å²) in [7, 11) is 3.34. The molecule has 0 radical (unpaired) electrons. The second-order valence-electron chi connectivity index (χ2n) is 5.20. The van der Waals surface area contributed by atoms with E-state index in [2.05, 4.69) is 20.5 Å². The number of hydrogen-bond donors (Lipinski definition) is 2. The van der Waals surface area contributed by atoms with Gasteiger partial charge in [0.1, 0.15) is 11.9 Å². The largest absolute Gasteiger partial charge is 0.497 e. The molecule has 1 aliphatic rings. The first-order chi connectivity index (χ1) is 10.8. The SMILES string of the molecule is COC[C@@H]1CCO[C@@H]1c1nc(Nc2cccc(OC)c2)n[nH]1. The van der Waals surface area contributed by atoms with Gasteiger partial charge in [0.05, 0.1) is 13.7 Å². The number of nitrogens with one attached hydrogen (secondary N) is 2. The highest BCUT2D eigenvalue weighted by Gasteiger charge is 2.32.